The average Bonchev–Trinajstić information content (AvgIpc) is 2.80. The molecule has 3 aromatic carbocycles. The lowest BCUT2D eigenvalue weighted by molar-refractivity contribution is -0.170. The molecule has 3 aromatic rings. The van der Waals surface area contributed by atoms with Crippen LogP contribution in [0.3, 0.4) is 0 Å². The SMILES string of the molecule is C=Cc1ccc(P(=O)(OCC(C)(C(C)=O)C(=O)OC(C)(C)C)c2ccccc2)c2ccccc12. The summed E-state index contributed by atoms with van der Waals surface area (Å²) in [5.74, 6) is -1.13. The first-order valence-electron chi connectivity index (χ1n) is 11.1. The summed E-state index contributed by atoms with van der Waals surface area (Å²) in [7, 11) is -3.72. The average molecular weight is 479 g/mol. The summed E-state index contributed by atoms with van der Waals surface area (Å²) >= 11 is 0. The summed E-state index contributed by atoms with van der Waals surface area (Å²) < 4.78 is 26.3. The molecule has 0 heterocycles. The van der Waals surface area contributed by atoms with E-state index in [0.717, 1.165) is 16.3 Å². The number of hydrogen-bond acceptors (Lipinski definition) is 5. The number of ketones is 1. The van der Waals surface area contributed by atoms with Gasteiger partial charge < -0.3 is 9.26 Å². The Hall–Kier alpha value is -3.01. The Labute approximate surface area is 201 Å². The van der Waals surface area contributed by atoms with E-state index >= 15 is 0 Å². The van der Waals surface area contributed by atoms with Crippen LogP contribution in [0.15, 0.2) is 73.3 Å². The molecule has 34 heavy (non-hydrogen) atoms. The highest BCUT2D eigenvalue weighted by molar-refractivity contribution is 7.74. The number of carbonyl (C=O) groups is 2. The molecule has 2 unspecified atom stereocenters. The molecular weight excluding hydrogens is 447 g/mol. The Morgan fingerprint density at radius 1 is 0.912 bits per heavy atom. The minimum Gasteiger partial charge on any atom is -0.459 e. The van der Waals surface area contributed by atoms with Gasteiger partial charge in [-0.05, 0) is 69.2 Å². The largest absolute Gasteiger partial charge is 0.459 e. The van der Waals surface area contributed by atoms with Crippen LogP contribution >= 0.6 is 7.37 Å². The van der Waals surface area contributed by atoms with Gasteiger partial charge in [0.2, 0.25) is 0 Å². The van der Waals surface area contributed by atoms with Crippen molar-refractivity contribution in [3.63, 3.8) is 0 Å². The van der Waals surface area contributed by atoms with Crippen LogP contribution < -0.4 is 10.6 Å². The third-order valence-electron chi connectivity index (χ3n) is 5.73. The smallest absolute Gasteiger partial charge is 0.322 e. The van der Waals surface area contributed by atoms with E-state index in [1.165, 1.54) is 13.8 Å². The van der Waals surface area contributed by atoms with Crippen LogP contribution in [0, 0.1) is 5.41 Å². The maximum absolute atomic E-state index is 14.7. The van der Waals surface area contributed by atoms with Gasteiger partial charge in [-0.1, -0.05) is 61.2 Å². The van der Waals surface area contributed by atoms with E-state index in [9.17, 15) is 14.2 Å². The third kappa shape index (κ3) is 5.06. The zero-order valence-corrected chi connectivity index (χ0v) is 21.2. The molecular formula is C28H31O5P. The second-order valence-corrected chi connectivity index (χ2v) is 11.8. The van der Waals surface area contributed by atoms with Gasteiger partial charge in [0.05, 0.1) is 6.61 Å². The van der Waals surface area contributed by atoms with Gasteiger partial charge in [-0.25, -0.2) is 0 Å². The van der Waals surface area contributed by atoms with Crippen LogP contribution in [0.1, 0.15) is 40.2 Å². The van der Waals surface area contributed by atoms with E-state index in [2.05, 4.69) is 6.58 Å². The Balaban J connectivity index is 2.15. The minimum absolute atomic E-state index is 0.388. The van der Waals surface area contributed by atoms with Crippen molar-refractivity contribution in [1.29, 1.82) is 0 Å². The number of esters is 1. The van der Waals surface area contributed by atoms with Gasteiger partial charge in [0, 0.05) is 10.6 Å². The standard InChI is InChI=1S/C28H31O5P/c1-7-21-17-18-25(24-16-12-11-15-23(21)24)34(31,22-13-9-8-10-14-22)32-19-28(6,20(2)29)26(30)33-27(3,4)5/h7-18H,1,19H2,2-6H3. The molecule has 0 N–H and O–H groups in total. The first-order chi connectivity index (χ1) is 15.9. The summed E-state index contributed by atoms with van der Waals surface area (Å²) in [6.45, 7) is 11.5. The molecule has 0 saturated heterocycles. The highest BCUT2D eigenvalue weighted by atomic mass is 31.2. The van der Waals surface area contributed by atoms with Crippen molar-refractivity contribution in [2.24, 2.45) is 5.41 Å². The Morgan fingerprint density at radius 3 is 2.06 bits per heavy atom. The number of hydrogen-bond donors (Lipinski definition) is 0. The zero-order chi connectivity index (χ0) is 25.1. The molecule has 0 amide bonds. The van der Waals surface area contributed by atoms with E-state index in [1.54, 1.807) is 57.2 Å². The molecule has 0 aromatic heterocycles. The molecule has 2 atom stereocenters. The maximum atomic E-state index is 14.7. The van der Waals surface area contributed by atoms with Crippen molar-refractivity contribution in [3.05, 3.63) is 78.9 Å². The van der Waals surface area contributed by atoms with Crippen molar-refractivity contribution in [2.45, 2.75) is 40.2 Å². The first-order valence-corrected chi connectivity index (χ1v) is 12.7. The highest BCUT2D eigenvalue weighted by Gasteiger charge is 2.45. The van der Waals surface area contributed by atoms with E-state index in [4.69, 9.17) is 9.26 Å². The Kier molecular flexibility index (Phi) is 7.30. The quantitative estimate of drug-likeness (QED) is 0.237. The number of benzene rings is 3. The van der Waals surface area contributed by atoms with Crippen LogP contribution in [0.4, 0.5) is 0 Å². The lowest BCUT2D eigenvalue weighted by Crippen LogP contribution is -2.44. The van der Waals surface area contributed by atoms with Gasteiger partial charge in [0.25, 0.3) is 7.37 Å². The number of ether oxygens (including phenoxy) is 1. The number of rotatable bonds is 8. The van der Waals surface area contributed by atoms with Crippen molar-refractivity contribution in [2.75, 3.05) is 6.61 Å². The summed E-state index contributed by atoms with van der Waals surface area (Å²) in [4.78, 5) is 25.6. The fraction of sp³-hybridized carbons (Fsp3) is 0.286. The third-order valence-corrected chi connectivity index (χ3v) is 8.22. The van der Waals surface area contributed by atoms with Crippen LogP contribution in [-0.2, 0) is 23.4 Å². The monoisotopic (exact) mass is 478 g/mol. The fourth-order valence-corrected chi connectivity index (χ4v) is 5.92. The van der Waals surface area contributed by atoms with Gasteiger partial charge in [-0.2, -0.15) is 0 Å². The molecule has 0 fully saturated rings. The van der Waals surface area contributed by atoms with Crippen LogP contribution in [-0.4, -0.2) is 24.0 Å². The predicted octanol–water partition coefficient (Wildman–Crippen LogP) is 5.67. The van der Waals surface area contributed by atoms with Gasteiger partial charge in [-0.15, -0.1) is 0 Å². The van der Waals surface area contributed by atoms with Crippen LogP contribution in [0.5, 0.6) is 0 Å². The van der Waals surface area contributed by atoms with Gasteiger partial charge in [-0.3, -0.25) is 14.2 Å². The van der Waals surface area contributed by atoms with Crippen LogP contribution in [0.2, 0.25) is 0 Å². The predicted molar refractivity (Wildman–Crippen MR) is 138 cm³/mol. The number of carbonyl (C=O) groups excluding carboxylic acids is 2. The zero-order valence-electron chi connectivity index (χ0n) is 20.3. The Bertz CT molecular complexity index is 1270. The molecule has 0 aliphatic rings. The van der Waals surface area contributed by atoms with Crippen molar-refractivity contribution in [3.8, 4) is 0 Å². The summed E-state index contributed by atoms with van der Waals surface area (Å²) in [6.07, 6.45) is 1.75. The van der Waals surface area contributed by atoms with E-state index in [1.807, 2.05) is 36.4 Å². The topological polar surface area (TPSA) is 69.7 Å². The van der Waals surface area contributed by atoms with Gasteiger partial charge in [0.1, 0.15) is 16.8 Å². The lowest BCUT2D eigenvalue weighted by Gasteiger charge is -2.31. The minimum atomic E-state index is -3.72. The normalized spacial score (nSPS) is 15.2. The molecule has 178 valence electrons. The summed E-state index contributed by atoms with van der Waals surface area (Å²) in [5, 5.41) is 2.61. The van der Waals surface area contributed by atoms with Crippen LogP contribution in [0.25, 0.3) is 16.8 Å². The number of Topliss-reactive ketones (excluding diaryl/α,β-unsaturated/α-hetero) is 1. The first kappa shape index (κ1) is 25.6. The van der Waals surface area contributed by atoms with Crippen molar-refractivity contribution < 1.29 is 23.4 Å². The summed E-state index contributed by atoms with van der Waals surface area (Å²) in [6, 6.07) is 20.1. The molecule has 6 heteroatoms. The van der Waals surface area contributed by atoms with E-state index in [-0.39, 0.29) is 6.61 Å². The highest BCUT2D eigenvalue weighted by Crippen LogP contribution is 2.48. The molecule has 0 saturated carbocycles. The van der Waals surface area contributed by atoms with E-state index in [0.29, 0.717) is 10.6 Å². The molecule has 5 nitrogen and oxygen atoms in total. The maximum Gasteiger partial charge on any atom is 0.322 e. The molecule has 3 rings (SSSR count). The van der Waals surface area contributed by atoms with Gasteiger partial charge in [0.15, 0.2) is 0 Å². The summed E-state index contributed by atoms with van der Waals surface area (Å²) in [5.41, 5.74) is -1.50. The molecule has 0 aliphatic carbocycles. The molecule has 0 bridgehead atoms. The molecule has 0 radical (unpaired) electrons. The van der Waals surface area contributed by atoms with E-state index < -0.39 is 30.1 Å². The van der Waals surface area contributed by atoms with Gasteiger partial charge >= 0.3 is 5.97 Å². The Morgan fingerprint density at radius 2 is 1.50 bits per heavy atom. The fourth-order valence-electron chi connectivity index (χ4n) is 3.56. The lowest BCUT2D eigenvalue weighted by atomic mass is 9.87. The number of fused-ring (bicyclic) bond motifs is 1. The molecule has 0 spiro atoms. The second-order valence-electron chi connectivity index (χ2n) is 9.47. The second kappa shape index (κ2) is 9.69. The van der Waals surface area contributed by atoms with Crippen molar-refractivity contribution in [1.82, 2.24) is 0 Å². The molecule has 0 aliphatic heterocycles. The van der Waals surface area contributed by atoms with Crippen molar-refractivity contribution >= 4 is 46.6 Å².